The summed E-state index contributed by atoms with van der Waals surface area (Å²) in [5.41, 5.74) is 5.34. The van der Waals surface area contributed by atoms with E-state index in [9.17, 15) is 9.59 Å². The molecule has 0 rings (SSSR count). The minimum atomic E-state index is -0.969. The molecular weight excluding hydrogens is 208 g/mol. The zero-order chi connectivity index (χ0) is 12.6. The Balaban J connectivity index is 3.40. The quantitative estimate of drug-likeness (QED) is 0.536. The first kappa shape index (κ1) is 14.9. The van der Waals surface area contributed by atoms with Gasteiger partial charge in [0.05, 0.1) is 0 Å². The number of carboxylic acids is 1. The average molecular weight is 230 g/mol. The molecule has 0 saturated heterocycles. The fourth-order valence-electron chi connectivity index (χ4n) is 1.28. The number of carbonyl (C=O) groups excluding carboxylic acids is 1. The zero-order valence-corrected chi connectivity index (χ0v) is 10.0. The second-order valence-electron chi connectivity index (χ2n) is 4.39. The molecule has 0 aromatic carbocycles. The molecule has 0 aromatic rings. The number of hydrogen-bond acceptors (Lipinski definition) is 3. The van der Waals surface area contributed by atoms with Gasteiger partial charge in [0.1, 0.15) is 6.04 Å². The number of carboxylic acid groups (broad SMARTS) is 1. The Morgan fingerprint density at radius 1 is 1.31 bits per heavy atom. The van der Waals surface area contributed by atoms with Crippen LogP contribution in [0.3, 0.4) is 0 Å². The molecule has 0 fully saturated rings. The molecule has 0 aliphatic carbocycles. The predicted octanol–water partition coefficient (Wildman–Crippen LogP) is 0.731. The Morgan fingerprint density at radius 3 is 2.44 bits per heavy atom. The van der Waals surface area contributed by atoms with Crippen molar-refractivity contribution in [3.05, 3.63) is 0 Å². The Labute approximate surface area is 96.4 Å². The second kappa shape index (κ2) is 8.10. The highest BCUT2D eigenvalue weighted by Crippen LogP contribution is 2.00. The van der Waals surface area contributed by atoms with E-state index in [1.54, 1.807) is 0 Å². The van der Waals surface area contributed by atoms with Gasteiger partial charge < -0.3 is 16.2 Å². The summed E-state index contributed by atoms with van der Waals surface area (Å²) in [5.74, 6) is -0.554. The summed E-state index contributed by atoms with van der Waals surface area (Å²) >= 11 is 0. The fourth-order valence-corrected chi connectivity index (χ4v) is 1.28. The second-order valence-corrected chi connectivity index (χ2v) is 4.39. The van der Waals surface area contributed by atoms with Crippen molar-refractivity contribution in [2.75, 3.05) is 6.54 Å². The van der Waals surface area contributed by atoms with Gasteiger partial charge in [-0.15, -0.1) is 0 Å². The lowest BCUT2D eigenvalue weighted by atomic mass is 10.1. The lowest BCUT2D eigenvalue weighted by molar-refractivity contribution is -0.138. The maximum absolute atomic E-state index is 11.2. The minimum absolute atomic E-state index is 0.0533. The number of rotatable bonds is 8. The van der Waals surface area contributed by atoms with Gasteiger partial charge in [0, 0.05) is 13.0 Å². The Bertz CT molecular complexity index is 229. The number of nitrogens with one attached hydrogen (secondary N) is 1. The molecule has 0 spiro atoms. The van der Waals surface area contributed by atoms with Gasteiger partial charge in [-0.3, -0.25) is 9.59 Å². The highest BCUT2D eigenvalue weighted by molar-refractivity contribution is 5.76. The molecule has 16 heavy (non-hydrogen) atoms. The molecule has 4 N–H and O–H groups in total. The van der Waals surface area contributed by atoms with Crippen LogP contribution in [0, 0.1) is 5.92 Å². The zero-order valence-electron chi connectivity index (χ0n) is 10.0. The van der Waals surface area contributed by atoms with Crippen molar-refractivity contribution in [3.63, 3.8) is 0 Å². The third kappa shape index (κ3) is 8.23. The molecule has 0 aromatic heterocycles. The van der Waals surface area contributed by atoms with Gasteiger partial charge in [-0.1, -0.05) is 13.8 Å². The summed E-state index contributed by atoms with van der Waals surface area (Å²) in [7, 11) is 0. The molecule has 0 saturated carbocycles. The first-order valence-electron chi connectivity index (χ1n) is 5.68. The molecule has 0 aliphatic heterocycles. The first-order valence-corrected chi connectivity index (χ1v) is 5.68. The molecular formula is C11H22N2O3. The summed E-state index contributed by atoms with van der Waals surface area (Å²) in [6, 6.07) is -0.786. The third-order valence-electron chi connectivity index (χ3n) is 2.17. The summed E-state index contributed by atoms with van der Waals surface area (Å²) in [4.78, 5) is 21.6. The molecule has 0 aliphatic rings. The molecule has 0 bridgehead atoms. The van der Waals surface area contributed by atoms with Crippen LogP contribution in [0.1, 0.15) is 39.5 Å². The topological polar surface area (TPSA) is 92.4 Å². The summed E-state index contributed by atoms with van der Waals surface area (Å²) in [6.45, 7) is 4.58. The molecule has 1 amide bonds. The van der Waals surface area contributed by atoms with E-state index in [2.05, 4.69) is 5.32 Å². The fraction of sp³-hybridized carbons (Fsp3) is 0.818. The number of unbranched alkanes of at least 4 members (excludes halogenated alkanes) is 1. The van der Waals surface area contributed by atoms with Crippen molar-refractivity contribution in [2.45, 2.75) is 45.6 Å². The van der Waals surface area contributed by atoms with Crippen LogP contribution >= 0.6 is 0 Å². The van der Waals surface area contributed by atoms with E-state index in [-0.39, 0.29) is 5.91 Å². The lowest BCUT2D eigenvalue weighted by Crippen LogP contribution is -2.30. The Kier molecular flexibility index (Phi) is 7.54. The van der Waals surface area contributed by atoms with Crippen molar-refractivity contribution >= 4 is 11.9 Å². The van der Waals surface area contributed by atoms with Crippen LogP contribution in [0.2, 0.25) is 0 Å². The molecule has 5 heteroatoms. The van der Waals surface area contributed by atoms with Gasteiger partial charge in [-0.2, -0.15) is 0 Å². The first-order chi connectivity index (χ1) is 7.43. The van der Waals surface area contributed by atoms with Gasteiger partial charge in [-0.25, -0.2) is 0 Å². The highest BCUT2D eigenvalue weighted by atomic mass is 16.4. The van der Waals surface area contributed by atoms with Crippen LogP contribution < -0.4 is 11.1 Å². The number of aliphatic carboxylic acids is 1. The third-order valence-corrected chi connectivity index (χ3v) is 2.17. The number of carbonyl (C=O) groups is 2. The van der Waals surface area contributed by atoms with E-state index in [4.69, 9.17) is 10.8 Å². The van der Waals surface area contributed by atoms with E-state index < -0.39 is 12.0 Å². The van der Waals surface area contributed by atoms with Crippen LogP contribution in [0.25, 0.3) is 0 Å². The van der Waals surface area contributed by atoms with Crippen LogP contribution in [-0.2, 0) is 9.59 Å². The minimum Gasteiger partial charge on any atom is -0.480 e. The number of hydrogen-bond donors (Lipinski definition) is 3. The van der Waals surface area contributed by atoms with E-state index >= 15 is 0 Å². The van der Waals surface area contributed by atoms with Gasteiger partial charge in [0.2, 0.25) is 5.91 Å². The molecule has 0 radical (unpaired) electrons. The predicted molar refractivity (Wildman–Crippen MR) is 61.9 cm³/mol. The van der Waals surface area contributed by atoms with Crippen LogP contribution in [0.4, 0.5) is 0 Å². The van der Waals surface area contributed by atoms with Gasteiger partial charge in [-0.05, 0) is 25.2 Å². The highest BCUT2D eigenvalue weighted by Gasteiger charge is 2.10. The molecule has 94 valence electrons. The van der Waals surface area contributed by atoms with Crippen molar-refractivity contribution in [1.29, 1.82) is 0 Å². The molecule has 1 atom stereocenters. The normalized spacial score (nSPS) is 12.5. The van der Waals surface area contributed by atoms with Gasteiger partial charge in [0.25, 0.3) is 0 Å². The van der Waals surface area contributed by atoms with Crippen LogP contribution in [0.15, 0.2) is 0 Å². The largest absolute Gasteiger partial charge is 0.480 e. The monoisotopic (exact) mass is 230 g/mol. The SMILES string of the molecule is CC(C)CC(=O)NCCCC[C@H](N)C(=O)O. The standard InChI is InChI=1S/C11H22N2O3/c1-8(2)7-10(14)13-6-4-3-5-9(12)11(15)16/h8-9H,3-7,12H2,1-2H3,(H,13,14)(H,15,16)/t9-/m0/s1. The smallest absolute Gasteiger partial charge is 0.320 e. The Hall–Kier alpha value is -1.10. The maximum Gasteiger partial charge on any atom is 0.320 e. The molecule has 0 unspecified atom stereocenters. The van der Waals surface area contributed by atoms with E-state index in [0.717, 1.165) is 12.8 Å². The van der Waals surface area contributed by atoms with Crippen LogP contribution in [-0.4, -0.2) is 29.6 Å². The van der Waals surface area contributed by atoms with Gasteiger partial charge in [0.15, 0.2) is 0 Å². The Morgan fingerprint density at radius 2 is 1.94 bits per heavy atom. The van der Waals surface area contributed by atoms with Crippen molar-refractivity contribution in [2.24, 2.45) is 11.7 Å². The van der Waals surface area contributed by atoms with E-state index in [0.29, 0.717) is 25.3 Å². The van der Waals surface area contributed by atoms with Gasteiger partial charge >= 0.3 is 5.97 Å². The average Bonchev–Trinajstić information content (AvgIpc) is 2.15. The van der Waals surface area contributed by atoms with Crippen molar-refractivity contribution in [3.8, 4) is 0 Å². The van der Waals surface area contributed by atoms with Crippen molar-refractivity contribution in [1.82, 2.24) is 5.32 Å². The summed E-state index contributed by atoms with van der Waals surface area (Å²) in [5, 5.41) is 11.3. The maximum atomic E-state index is 11.2. The van der Waals surface area contributed by atoms with E-state index in [1.807, 2.05) is 13.8 Å². The van der Waals surface area contributed by atoms with E-state index in [1.165, 1.54) is 0 Å². The number of amides is 1. The number of nitrogens with two attached hydrogens (primary N) is 1. The summed E-state index contributed by atoms with van der Waals surface area (Å²) in [6.07, 6.45) is 2.48. The van der Waals surface area contributed by atoms with Crippen LogP contribution in [0.5, 0.6) is 0 Å². The van der Waals surface area contributed by atoms with Crippen molar-refractivity contribution < 1.29 is 14.7 Å². The molecule has 5 nitrogen and oxygen atoms in total. The lowest BCUT2D eigenvalue weighted by Gasteiger charge is -2.08. The molecule has 0 heterocycles. The summed E-state index contributed by atoms with van der Waals surface area (Å²) < 4.78 is 0.